The van der Waals surface area contributed by atoms with Crippen LogP contribution >= 0.6 is 0 Å². The smallest absolute Gasteiger partial charge is 0.161 e. The summed E-state index contributed by atoms with van der Waals surface area (Å²) in [5.74, 6) is 0.0412. The van der Waals surface area contributed by atoms with E-state index in [1.54, 1.807) is 6.07 Å². The van der Waals surface area contributed by atoms with Gasteiger partial charge in [-0.2, -0.15) is 0 Å². The van der Waals surface area contributed by atoms with Crippen LogP contribution in [-0.2, 0) is 5.41 Å². The third kappa shape index (κ3) is 2.16. The van der Waals surface area contributed by atoms with Crippen LogP contribution in [0.4, 0.5) is 0 Å². The molecule has 1 rings (SSSR count). The highest BCUT2D eigenvalue weighted by molar-refractivity contribution is 5.48. The van der Waals surface area contributed by atoms with Gasteiger partial charge in [-0.15, -0.1) is 0 Å². The number of phenols is 2. The van der Waals surface area contributed by atoms with Gasteiger partial charge in [0.25, 0.3) is 0 Å². The van der Waals surface area contributed by atoms with Crippen LogP contribution < -0.4 is 0 Å². The molecule has 0 aliphatic carbocycles. The van der Waals surface area contributed by atoms with Crippen molar-refractivity contribution in [2.45, 2.75) is 51.9 Å². The second-order valence-electron chi connectivity index (χ2n) is 4.41. The highest BCUT2D eigenvalue weighted by atomic mass is 16.3. The Morgan fingerprint density at radius 1 is 1.06 bits per heavy atom. The molecule has 0 saturated carbocycles. The fraction of sp³-hybridized carbons (Fsp3) is 0.571. The van der Waals surface area contributed by atoms with Gasteiger partial charge in [0.15, 0.2) is 11.5 Å². The summed E-state index contributed by atoms with van der Waals surface area (Å²) in [6.45, 7) is 6.44. The largest absolute Gasteiger partial charge is 0.504 e. The summed E-state index contributed by atoms with van der Waals surface area (Å²) in [6.07, 6.45) is 4.08. The zero-order valence-electron chi connectivity index (χ0n) is 10.5. The average molecular weight is 222 g/mol. The van der Waals surface area contributed by atoms with E-state index in [9.17, 15) is 10.2 Å². The molecule has 2 heteroatoms. The molecule has 2 N–H and O–H groups in total. The highest BCUT2D eigenvalue weighted by Crippen LogP contribution is 2.43. The standard InChI is InChI=1S/C14H22O2/c1-4-10-14(5-2,6-3)11-8-7-9-12(15)13(11)16/h7-9,15-16H,4-6,10H2,1-3H3. The van der Waals surface area contributed by atoms with Crippen LogP contribution in [0.2, 0.25) is 0 Å². The molecule has 0 fully saturated rings. The van der Waals surface area contributed by atoms with E-state index in [-0.39, 0.29) is 16.9 Å². The summed E-state index contributed by atoms with van der Waals surface area (Å²) in [5.41, 5.74) is 0.886. The number of hydrogen-bond donors (Lipinski definition) is 2. The molecule has 0 amide bonds. The van der Waals surface area contributed by atoms with Gasteiger partial charge >= 0.3 is 0 Å². The lowest BCUT2D eigenvalue weighted by Crippen LogP contribution is -2.24. The normalized spacial score (nSPS) is 11.7. The molecule has 0 spiro atoms. The summed E-state index contributed by atoms with van der Waals surface area (Å²) in [7, 11) is 0. The summed E-state index contributed by atoms with van der Waals surface area (Å²) in [5, 5.41) is 19.5. The zero-order valence-corrected chi connectivity index (χ0v) is 10.5. The molecule has 1 aromatic rings. The molecule has 0 unspecified atom stereocenters. The first-order valence-electron chi connectivity index (χ1n) is 6.12. The summed E-state index contributed by atoms with van der Waals surface area (Å²) >= 11 is 0. The van der Waals surface area contributed by atoms with Crippen molar-refractivity contribution in [3.8, 4) is 11.5 Å². The topological polar surface area (TPSA) is 40.5 Å². The molecule has 1 aromatic carbocycles. The van der Waals surface area contributed by atoms with Gasteiger partial charge in [0.2, 0.25) is 0 Å². The van der Waals surface area contributed by atoms with Crippen LogP contribution in [0.15, 0.2) is 18.2 Å². The molecular weight excluding hydrogens is 200 g/mol. The van der Waals surface area contributed by atoms with Crippen LogP contribution in [0.25, 0.3) is 0 Å². The van der Waals surface area contributed by atoms with Gasteiger partial charge < -0.3 is 10.2 Å². The quantitative estimate of drug-likeness (QED) is 0.740. The minimum absolute atomic E-state index is 0.00241. The lowest BCUT2D eigenvalue weighted by molar-refractivity contribution is 0.331. The van der Waals surface area contributed by atoms with Crippen molar-refractivity contribution in [1.29, 1.82) is 0 Å². The summed E-state index contributed by atoms with van der Waals surface area (Å²) in [4.78, 5) is 0. The Kier molecular flexibility index (Phi) is 4.22. The van der Waals surface area contributed by atoms with Crippen LogP contribution in [0.3, 0.4) is 0 Å². The lowest BCUT2D eigenvalue weighted by Gasteiger charge is -2.32. The first-order chi connectivity index (χ1) is 7.61. The molecule has 0 aliphatic heterocycles. The van der Waals surface area contributed by atoms with E-state index in [1.807, 2.05) is 6.07 Å². The predicted molar refractivity (Wildman–Crippen MR) is 66.9 cm³/mol. The molecule has 0 aromatic heterocycles. The number of benzene rings is 1. The Morgan fingerprint density at radius 3 is 2.19 bits per heavy atom. The number of hydrogen-bond acceptors (Lipinski definition) is 2. The third-order valence-electron chi connectivity index (χ3n) is 3.67. The lowest BCUT2D eigenvalue weighted by atomic mass is 9.72. The third-order valence-corrected chi connectivity index (χ3v) is 3.67. The van der Waals surface area contributed by atoms with E-state index in [2.05, 4.69) is 20.8 Å². The van der Waals surface area contributed by atoms with Crippen molar-refractivity contribution < 1.29 is 10.2 Å². The minimum atomic E-state index is -0.0140. The van der Waals surface area contributed by atoms with Gasteiger partial charge in [-0.1, -0.05) is 39.3 Å². The van der Waals surface area contributed by atoms with Gasteiger partial charge in [-0.05, 0) is 30.7 Å². The van der Waals surface area contributed by atoms with E-state index in [0.717, 1.165) is 31.2 Å². The van der Waals surface area contributed by atoms with E-state index in [0.29, 0.717) is 0 Å². The van der Waals surface area contributed by atoms with Crippen LogP contribution in [0.1, 0.15) is 52.0 Å². The Morgan fingerprint density at radius 2 is 1.69 bits per heavy atom. The molecule has 0 radical (unpaired) electrons. The number of phenolic OH excluding ortho intramolecular Hbond substituents is 2. The average Bonchev–Trinajstić information content (AvgIpc) is 2.30. The van der Waals surface area contributed by atoms with Crippen molar-refractivity contribution in [2.75, 3.05) is 0 Å². The number of rotatable bonds is 5. The monoisotopic (exact) mass is 222 g/mol. The molecule has 0 aliphatic rings. The highest BCUT2D eigenvalue weighted by Gasteiger charge is 2.30. The van der Waals surface area contributed by atoms with Gasteiger partial charge in [0.1, 0.15) is 0 Å². The predicted octanol–water partition coefficient (Wildman–Crippen LogP) is 3.96. The van der Waals surface area contributed by atoms with Gasteiger partial charge in [-0.25, -0.2) is 0 Å². The first-order valence-corrected chi connectivity index (χ1v) is 6.12. The number of aromatic hydroxyl groups is 2. The van der Waals surface area contributed by atoms with Crippen molar-refractivity contribution >= 4 is 0 Å². The van der Waals surface area contributed by atoms with E-state index in [1.165, 1.54) is 6.07 Å². The SMILES string of the molecule is CCCC(CC)(CC)c1cccc(O)c1O. The maximum atomic E-state index is 9.97. The van der Waals surface area contributed by atoms with Crippen LogP contribution in [0, 0.1) is 0 Å². The Hall–Kier alpha value is -1.18. The van der Waals surface area contributed by atoms with Gasteiger partial charge in [-0.3, -0.25) is 0 Å². The fourth-order valence-corrected chi connectivity index (χ4v) is 2.56. The minimum Gasteiger partial charge on any atom is -0.504 e. The van der Waals surface area contributed by atoms with Crippen molar-refractivity contribution in [3.05, 3.63) is 23.8 Å². The summed E-state index contributed by atoms with van der Waals surface area (Å²) < 4.78 is 0. The van der Waals surface area contributed by atoms with Crippen molar-refractivity contribution in [1.82, 2.24) is 0 Å². The molecular formula is C14H22O2. The second-order valence-corrected chi connectivity index (χ2v) is 4.41. The van der Waals surface area contributed by atoms with Crippen molar-refractivity contribution in [2.24, 2.45) is 0 Å². The second kappa shape index (κ2) is 5.24. The van der Waals surface area contributed by atoms with E-state index >= 15 is 0 Å². The van der Waals surface area contributed by atoms with E-state index < -0.39 is 0 Å². The zero-order chi connectivity index (χ0) is 12.2. The molecule has 16 heavy (non-hydrogen) atoms. The van der Waals surface area contributed by atoms with Crippen LogP contribution in [0.5, 0.6) is 11.5 Å². The fourth-order valence-electron chi connectivity index (χ4n) is 2.56. The van der Waals surface area contributed by atoms with Crippen molar-refractivity contribution in [3.63, 3.8) is 0 Å². The molecule has 0 atom stereocenters. The van der Waals surface area contributed by atoms with Crippen LogP contribution in [-0.4, -0.2) is 10.2 Å². The van der Waals surface area contributed by atoms with Gasteiger partial charge in [0, 0.05) is 5.56 Å². The summed E-state index contributed by atoms with van der Waals surface area (Å²) in [6, 6.07) is 5.26. The van der Waals surface area contributed by atoms with E-state index in [4.69, 9.17) is 0 Å². The Labute approximate surface area is 97.9 Å². The molecule has 0 heterocycles. The van der Waals surface area contributed by atoms with Gasteiger partial charge in [0.05, 0.1) is 0 Å². The Balaban J connectivity index is 3.25. The molecule has 2 nitrogen and oxygen atoms in total. The Bertz CT molecular complexity index is 341. The molecule has 90 valence electrons. The maximum Gasteiger partial charge on any atom is 0.161 e. The first kappa shape index (κ1) is 12.9. The maximum absolute atomic E-state index is 9.97. The molecule has 0 saturated heterocycles. The molecule has 0 bridgehead atoms. The number of para-hydroxylation sites is 1.